The zero-order valence-electron chi connectivity index (χ0n) is 15.0. The smallest absolute Gasteiger partial charge is 0.260 e. The van der Waals surface area contributed by atoms with Crippen molar-refractivity contribution in [2.75, 3.05) is 26.8 Å². The highest BCUT2D eigenvalue weighted by atomic mass is 35.5. The van der Waals surface area contributed by atoms with Gasteiger partial charge in [0.05, 0.1) is 7.11 Å². The Balaban J connectivity index is 1.63. The van der Waals surface area contributed by atoms with Gasteiger partial charge in [0.1, 0.15) is 0 Å². The highest BCUT2D eigenvalue weighted by molar-refractivity contribution is 6.30. The molecule has 1 heterocycles. The molecule has 3 rings (SSSR count). The van der Waals surface area contributed by atoms with Crippen LogP contribution in [0.25, 0.3) is 0 Å². The normalized spacial score (nSPS) is 17.5. The molecule has 5 heteroatoms. The van der Waals surface area contributed by atoms with E-state index in [1.54, 1.807) is 7.11 Å². The van der Waals surface area contributed by atoms with Crippen LogP contribution in [0.15, 0.2) is 48.5 Å². The van der Waals surface area contributed by atoms with Gasteiger partial charge in [-0.25, -0.2) is 0 Å². The average Bonchev–Trinajstić information content (AvgIpc) is 2.93. The van der Waals surface area contributed by atoms with Crippen LogP contribution in [0.4, 0.5) is 0 Å². The lowest BCUT2D eigenvalue weighted by molar-refractivity contribution is -0.133. The van der Waals surface area contributed by atoms with Crippen molar-refractivity contribution in [2.45, 2.75) is 25.2 Å². The first-order valence-corrected chi connectivity index (χ1v) is 9.34. The summed E-state index contributed by atoms with van der Waals surface area (Å²) in [5, 5.41) is 0.737. The van der Waals surface area contributed by atoms with Crippen LogP contribution < -0.4 is 9.47 Å². The van der Waals surface area contributed by atoms with Crippen LogP contribution in [-0.2, 0) is 4.79 Å². The maximum atomic E-state index is 12.7. The van der Waals surface area contributed by atoms with Crippen LogP contribution in [-0.4, -0.2) is 37.6 Å². The molecule has 0 spiro atoms. The Labute approximate surface area is 159 Å². The number of nitrogens with zero attached hydrogens (tertiary/aromatic N) is 1. The van der Waals surface area contributed by atoms with E-state index in [2.05, 4.69) is 12.1 Å². The third kappa shape index (κ3) is 4.70. The van der Waals surface area contributed by atoms with Gasteiger partial charge in [0, 0.05) is 24.0 Å². The topological polar surface area (TPSA) is 38.8 Å². The molecule has 1 amide bonds. The standard InChI is InChI=1S/C21H24ClNO3/c1-25-19-7-2-3-8-20(19)26-15-21(24)23-13-5-4-6-17(14-23)16-9-11-18(22)12-10-16/h2-3,7-12,17H,4-6,13-15H2,1H3/t17-/m0/s1. The molecule has 0 radical (unpaired) electrons. The second kappa shape index (κ2) is 8.95. The highest BCUT2D eigenvalue weighted by Crippen LogP contribution is 2.28. The summed E-state index contributed by atoms with van der Waals surface area (Å²) in [7, 11) is 1.59. The maximum Gasteiger partial charge on any atom is 0.260 e. The Morgan fingerprint density at radius 3 is 2.58 bits per heavy atom. The van der Waals surface area contributed by atoms with E-state index < -0.39 is 0 Å². The number of hydrogen-bond acceptors (Lipinski definition) is 3. The van der Waals surface area contributed by atoms with E-state index in [9.17, 15) is 4.79 Å². The Bertz CT molecular complexity index is 732. The average molecular weight is 374 g/mol. The van der Waals surface area contributed by atoms with E-state index in [-0.39, 0.29) is 12.5 Å². The van der Waals surface area contributed by atoms with Crippen molar-refractivity contribution in [1.82, 2.24) is 4.90 Å². The lowest BCUT2D eigenvalue weighted by Crippen LogP contribution is -2.37. The molecule has 0 aliphatic carbocycles. The number of halogens is 1. The van der Waals surface area contributed by atoms with Crippen molar-refractivity contribution in [3.63, 3.8) is 0 Å². The summed E-state index contributed by atoms with van der Waals surface area (Å²) in [6.45, 7) is 1.52. The molecule has 1 saturated heterocycles. The second-order valence-corrected chi connectivity index (χ2v) is 6.96. The quantitative estimate of drug-likeness (QED) is 0.773. The first-order chi connectivity index (χ1) is 12.7. The summed E-state index contributed by atoms with van der Waals surface area (Å²) >= 11 is 5.99. The minimum atomic E-state index is 0.0109. The zero-order chi connectivity index (χ0) is 18.4. The molecule has 4 nitrogen and oxygen atoms in total. The van der Waals surface area contributed by atoms with Crippen molar-refractivity contribution >= 4 is 17.5 Å². The third-order valence-electron chi connectivity index (χ3n) is 4.79. The van der Waals surface area contributed by atoms with Crippen LogP contribution in [0.5, 0.6) is 11.5 Å². The Hall–Kier alpha value is -2.20. The van der Waals surface area contributed by atoms with Crippen molar-refractivity contribution in [3.8, 4) is 11.5 Å². The van der Waals surface area contributed by atoms with Crippen LogP contribution in [0.2, 0.25) is 5.02 Å². The summed E-state index contributed by atoms with van der Waals surface area (Å²) in [5.41, 5.74) is 1.24. The molecule has 1 aliphatic rings. The van der Waals surface area contributed by atoms with Gasteiger partial charge in [-0.1, -0.05) is 42.3 Å². The number of amides is 1. The monoisotopic (exact) mass is 373 g/mol. The number of methoxy groups -OCH3 is 1. The van der Waals surface area contributed by atoms with Crippen molar-refractivity contribution in [3.05, 3.63) is 59.1 Å². The van der Waals surface area contributed by atoms with E-state index in [4.69, 9.17) is 21.1 Å². The van der Waals surface area contributed by atoms with Crippen molar-refractivity contribution in [1.29, 1.82) is 0 Å². The van der Waals surface area contributed by atoms with Gasteiger partial charge in [0.15, 0.2) is 18.1 Å². The van der Waals surface area contributed by atoms with Crippen molar-refractivity contribution < 1.29 is 14.3 Å². The maximum absolute atomic E-state index is 12.7. The molecule has 1 fully saturated rings. The Morgan fingerprint density at radius 1 is 1.12 bits per heavy atom. The third-order valence-corrected chi connectivity index (χ3v) is 5.04. The van der Waals surface area contributed by atoms with Crippen LogP contribution in [0.3, 0.4) is 0 Å². The lowest BCUT2D eigenvalue weighted by Gasteiger charge is -2.25. The van der Waals surface area contributed by atoms with Gasteiger partial charge in [-0.3, -0.25) is 4.79 Å². The van der Waals surface area contributed by atoms with Crippen molar-refractivity contribution in [2.24, 2.45) is 0 Å². The molecular weight excluding hydrogens is 350 g/mol. The Kier molecular flexibility index (Phi) is 6.40. The zero-order valence-corrected chi connectivity index (χ0v) is 15.7. The van der Waals surface area contributed by atoms with E-state index in [0.29, 0.717) is 17.4 Å². The lowest BCUT2D eigenvalue weighted by atomic mass is 9.94. The van der Waals surface area contributed by atoms with Gasteiger partial charge in [-0.05, 0) is 42.7 Å². The first-order valence-electron chi connectivity index (χ1n) is 8.96. The predicted octanol–water partition coefficient (Wildman–Crippen LogP) is 4.52. The molecule has 0 N–H and O–H groups in total. The Morgan fingerprint density at radius 2 is 1.85 bits per heavy atom. The summed E-state index contributed by atoms with van der Waals surface area (Å²) < 4.78 is 11.0. The molecule has 0 aromatic heterocycles. The van der Waals surface area contributed by atoms with Gasteiger partial charge in [-0.2, -0.15) is 0 Å². The molecule has 0 bridgehead atoms. The number of rotatable bonds is 5. The molecular formula is C21H24ClNO3. The van der Waals surface area contributed by atoms with Gasteiger partial charge in [0.2, 0.25) is 0 Å². The minimum Gasteiger partial charge on any atom is -0.493 e. The van der Waals surface area contributed by atoms with Crippen LogP contribution in [0, 0.1) is 0 Å². The fourth-order valence-corrected chi connectivity index (χ4v) is 3.47. The van der Waals surface area contributed by atoms with Crippen LogP contribution >= 0.6 is 11.6 Å². The largest absolute Gasteiger partial charge is 0.493 e. The fourth-order valence-electron chi connectivity index (χ4n) is 3.34. The summed E-state index contributed by atoms with van der Waals surface area (Å²) in [6.07, 6.45) is 3.22. The molecule has 0 saturated carbocycles. The summed E-state index contributed by atoms with van der Waals surface area (Å²) in [6, 6.07) is 15.3. The van der Waals surface area contributed by atoms with Gasteiger partial charge in [-0.15, -0.1) is 0 Å². The van der Waals surface area contributed by atoms with Crippen LogP contribution in [0.1, 0.15) is 30.7 Å². The summed E-state index contributed by atoms with van der Waals surface area (Å²) in [5.74, 6) is 1.57. The molecule has 0 unspecified atom stereocenters. The molecule has 2 aromatic rings. The molecule has 1 atom stereocenters. The molecule has 1 aliphatic heterocycles. The number of ether oxygens (including phenoxy) is 2. The van der Waals surface area contributed by atoms with E-state index in [1.807, 2.05) is 41.3 Å². The van der Waals surface area contributed by atoms with Gasteiger partial charge >= 0.3 is 0 Å². The minimum absolute atomic E-state index is 0.0109. The first kappa shape index (κ1) is 18.6. The predicted molar refractivity (Wildman–Crippen MR) is 103 cm³/mol. The molecule has 138 valence electrons. The molecule has 26 heavy (non-hydrogen) atoms. The SMILES string of the molecule is COc1ccccc1OCC(=O)N1CCCC[C@H](c2ccc(Cl)cc2)C1. The summed E-state index contributed by atoms with van der Waals surface area (Å²) in [4.78, 5) is 14.6. The van der Waals surface area contributed by atoms with Gasteiger partial charge < -0.3 is 14.4 Å². The fraction of sp³-hybridized carbons (Fsp3) is 0.381. The van der Waals surface area contributed by atoms with E-state index in [1.165, 1.54) is 5.56 Å². The number of benzene rings is 2. The number of likely N-dealkylation sites (tertiary alicyclic amines) is 1. The second-order valence-electron chi connectivity index (χ2n) is 6.52. The number of carbonyl (C=O) groups is 1. The van der Waals surface area contributed by atoms with E-state index >= 15 is 0 Å². The number of para-hydroxylation sites is 2. The number of hydrogen-bond donors (Lipinski definition) is 0. The van der Waals surface area contributed by atoms with Gasteiger partial charge in [0.25, 0.3) is 5.91 Å². The van der Waals surface area contributed by atoms with E-state index in [0.717, 1.165) is 37.4 Å². The number of carbonyl (C=O) groups excluding carboxylic acids is 1. The highest BCUT2D eigenvalue weighted by Gasteiger charge is 2.23. The molecule has 2 aromatic carbocycles.